The number of aromatic nitrogens is 4. The number of halogens is 1. The van der Waals surface area contributed by atoms with Crippen molar-refractivity contribution in [3.05, 3.63) is 58.9 Å². The Bertz CT molecular complexity index is 1160. The number of aromatic amines is 1. The number of carbonyl (C=O) groups is 1. The zero-order valence-electron chi connectivity index (χ0n) is 18.3. The molecule has 10 heteroatoms. The summed E-state index contributed by atoms with van der Waals surface area (Å²) in [7, 11) is 0. The summed E-state index contributed by atoms with van der Waals surface area (Å²) in [5, 5.41) is 21.8. The van der Waals surface area contributed by atoms with E-state index in [1.165, 1.54) is 18.2 Å². The largest absolute Gasteiger partial charge is 0.444 e. The molecule has 3 N–H and O–H groups in total. The van der Waals surface area contributed by atoms with Crippen LogP contribution < -0.4 is 10.6 Å². The summed E-state index contributed by atoms with van der Waals surface area (Å²) in [6, 6.07) is 9.67. The van der Waals surface area contributed by atoms with E-state index in [-0.39, 0.29) is 11.5 Å². The number of hydrogen-bond donors (Lipinski definition) is 3. The van der Waals surface area contributed by atoms with E-state index in [1.54, 1.807) is 39.8 Å². The van der Waals surface area contributed by atoms with Crippen molar-refractivity contribution in [3.8, 4) is 6.07 Å². The van der Waals surface area contributed by atoms with Crippen LogP contribution >= 0.6 is 0 Å². The topological polar surface area (TPSA) is 129 Å². The minimum Gasteiger partial charge on any atom is -0.444 e. The van der Waals surface area contributed by atoms with Crippen LogP contribution in [0.15, 0.2) is 30.3 Å². The van der Waals surface area contributed by atoms with Gasteiger partial charge in [-0.15, -0.1) is 0 Å². The molecule has 0 fully saturated rings. The fourth-order valence-electron chi connectivity index (χ4n) is 2.91. The quantitative estimate of drug-likeness (QED) is 0.521. The van der Waals surface area contributed by atoms with E-state index in [0.29, 0.717) is 47.2 Å². The van der Waals surface area contributed by atoms with Crippen molar-refractivity contribution in [1.82, 2.24) is 20.2 Å². The number of H-pyrrole nitrogens is 1. The van der Waals surface area contributed by atoms with Crippen LogP contribution in [0.2, 0.25) is 0 Å². The lowest BCUT2D eigenvalue weighted by Gasteiger charge is -2.19. The summed E-state index contributed by atoms with van der Waals surface area (Å²) >= 11 is 0. The first-order valence-electron chi connectivity index (χ1n) is 9.97. The second kappa shape index (κ2) is 9.43. The average molecular weight is 437 g/mol. The molecule has 0 saturated heterocycles. The van der Waals surface area contributed by atoms with Gasteiger partial charge in [0.15, 0.2) is 0 Å². The number of carbonyl (C=O) groups excluding carboxylic acids is 1. The van der Waals surface area contributed by atoms with Gasteiger partial charge in [-0.2, -0.15) is 10.4 Å². The number of ether oxygens (including phenoxy) is 1. The van der Waals surface area contributed by atoms with Gasteiger partial charge in [-0.3, -0.25) is 10.4 Å². The number of nitrogens with zero attached hydrogens (tertiary/aromatic N) is 4. The standard InChI is InChI=1S/C22H24FN7O2/c1-13-25-17(12-24)11-19(26-13)28-20-10-16(29-30-20)6-5-14-9-15(7-8-18(14)23)27-21(31)32-22(2,3)4/h7-11H,5-6H2,1-4H3,(H,27,31)(H2,25,26,28,29,30). The van der Waals surface area contributed by atoms with E-state index in [1.807, 2.05) is 6.07 Å². The van der Waals surface area contributed by atoms with Gasteiger partial charge in [0.05, 0.1) is 5.69 Å². The summed E-state index contributed by atoms with van der Waals surface area (Å²) in [6.07, 6.45) is 0.250. The number of nitrogens with one attached hydrogen (secondary N) is 3. The fraction of sp³-hybridized carbons (Fsp3) is 0.318. The van der Waals surface area contributed by atoms with Gasteiger partial charge in [0, 0.05) is 17.8 Å². The molecule has 0 aliphatic rings. The number of amides is 1. The Morgan fingerprint density at radius 1 is 1.22 bits per heavy atom. The van der Waals surface area contributed by atoms with Gasteiger partial charge < -0.3 is 10.1 Å². The molecule has 0 radical (unpaired) electrons. The summed E-state index contributed by atoms with van der Waals surface area (Å²) in [5.41, 5.74) is 1.24. The van der Waals surface area contributed by atoms with Crippen LogP contribution in [0.4, 0.5) is 26.5 Å². The Kier molecular flexibility index (Phi) is 6.68. The van der Waals surface area contributed by atoms with Crippen LogP contribution in [0.25, 0.3) is 0 Å². The molecule has 3 rings (SSSR count). The maximum Gasteiger partial charge on any atom is 0.412 e. The van der Waals surface area contributed by atoms with E-state index in [2.05, 4.69) is 30.8 Å². The molecule has 0 bridgehead atoms. The van der Waals surface area contributed by atoms with E-state index in [9.17, 15) is 9.18 Å². The molecular weight excluding hydrogens is 413 g/mol. The minimum absolute atomic E-state index is 0.259. The smallest absolute Gasteiger partial charge is 0.412 e. The van der Waals surface area contributed by atoms with Crippen molar-refractivity contribution in [3.63, 3.8) is 0 Å². The van der Waals surface area contributed by atoms with Crippen molar-refractivity contribution in [1.29, 1.82) is 5.26 Å². The highest BCUT2D eigenvalue weighted by atomic mass is 19.1. The number of nitriles is 1. The van der Waals surface area contributed by atoms with Crippen molar-refractivity contribution in [2.75, 3.05) is 10.6 Å². The Morgan fingerprint density at radius 3 is 2.72 bits per heavy atom. The van der Waals surface area contributed by atoms with Gasteiger partial charge in [0.2, 0.25) is 0 Å². The molecule has 1 amide bonds. The number of rotatable bonds is 6. The number of aryl methyl sites for hydroxylation is 3. The zero-order chi connectivity index (χ0) is 23.3. The van der Waals surface area contributed by atoms with Crippen LogP contribution in [0, 0.1) is 24.1 Å². The van der Waals surface area contributed by atoms with E-state index >= 15 is 0 Å². The van der Waals surface area contributed by atoms with Crippen molar-refractivity contribution < 1.29 is 13.9 Å². The zero-order valence-corrected chi connectivity index (χ0v) is 18.3. The lowest BCUT2D eigenvalue weighted by atomic mass is 10.1. The molecule has 1 aromatic carbocycles. The molecule has 0 saturated carbocycles. The lowest BCUT2D eigenvalue weighted by Crippen LogP contribution is -2.27. The molecule has 0 unspecified atom stereocenters. The van der Waals surface area contributed by atoms with Gasteiger partial charge in [-0.25, -0.2) is 19.2 Å². The normalized spacial score (nSPS) is 11.0. The molecule has 2 aromatic heterocycles. The van der Waals surface area contributed by atoms with Crippen LogP contribution in [0.3, 0.4) is 0 Å². The van der Waals surface area contributed by atoms with Gasteiger partial charge in [-0.05, 0) is 64.3 Å². The summed E-state index contributed by atoms with van der Waals surface area (Å²) in [6.45, 7) is 7.00. The maximum absolute atomic E-state index is 14.3. The third kappa shape index (κ3) is 6.50. The van der Waals surface area contributed by atoms with Gasteiger partial charge in [0.1, 0.15) is 40.6 Å². The molecule has 9 nitrogen and oxygen atoms in total. The molecule has 0 atom stereocenters. The molecule has 3 aromatic rings. The first-order chi connectivity index (χ1) is 15.1. The molecule has 2 heterocycles. The van der Waals surface area contributed by atoms with Crippen LogP contribution in [-0.2, 0) is 17.6 Å². The van der Waals surface area contributed by atoms with Gasteiger partial charge in [-0.1, -0.05) is 0 Å². The maximum atomic E-state index is 14.3. The molecule has 0 spiro atoms. The Balaban J connectivity index is 1.63. The molecule has 32 heavy (non-hydrogen) atoms. The second-order valence-corrected chi connectivity index (χ2v) is 8.13. The third-order valence-electron chi connectivity index (χ3n) is 4.19. The molecular formula is C22H24FN7O2. The van der Waals surface area contributed by atoms with E-state index in [4.69, 9.17) is 10.00 Å². The Morgan fingerprint density at radius 2 is 2.00 bits per heavy atom. The summed E-state index contributed by atoms with van der Waals surface area (Å²) in [5.74, 6) is 1.16. The van der Waals surface area contributed by atoms with Crippen molar-refractivity contribution in [2.24, 2.45) is 0 Å². The second-order valence-electron chi connectivity index (χ2n) is 8.13. The third-order valence-corrected chi connectivity index (χ3v) is 4.19. The highest BCUT2D eigenvalue weighted by Gasteiger charge is 2.17. The predicted molar refractivity (Wildman–Crippen MR) is 117 cm³/mol. The predicted octanol–water partition coefficient (Wildman–Crippen LogP) is 4.39. The highest BCUT2D eigenvalue weighted by molar-refractivity contribution is 5.84. The van der Waals surface area contributed by atoms with Crippen LogP contribution in [-0.4, -0.2) is 31.9 Å². The van der Waals surface area contributed by atoms with E-state index < -0.39 is 11.7 Å². The average Bonchev–Trinajstić information content (AvgIpc) is 3.13. The number of hydrogen-bond acceptors (Lipinski definition) is 7. The lowest BCUT2D eigenvalue weighted by molar-refractivity contribution is 0.0636. The van der Waals surface area contributed by atoms with Crippen LogP contribution in [0.1, 0.15) is 43.5 Å². The minimum atomic E-state index is -0.626. The Labute approximate surface area is 185 Å². The van der Waals surface area contributed by atoms with E-state index in [0.717, 1.165) is 0 Å². The highest BCUT2D eigenvalue weighted by Crippen LogP contribution is 2.19. The summed E-state index contributed by atoms with van der Waals surface area (Å²) in [4.78, 5) is 20.2. The summed E-state index contributed by atoms with van der Waals surface area (Å²) < 4.78 is 19.5. The first-order valence-corrected chi connectivity index (χ1v) is 9.97. The SMILES string of the molecule is Cc1nc(C#N)cc(Nc2cc(CCc3cc(NC(=O)OC(C)(C)C)ccc3F)n[nH]2)n1. The number of benzene rings is 1. The van der Waals surface area contributed by atoms with Crippen molar-refractivity contribution in [2.45, 2.75) is 46.1 Å². The number of anilines is 3. The van der Waals surface area contributed by atoms with Crippen molar-refractivity contribution >= 4 is 23.4 Å². The molecule has 0 aliphatic carbocycles. The van der Waals surface area contributed by atoms with Gasteiger partial charge >= 0.3 is 6.09 Å². The monoisotopic (exact) mass is 437 g/mol. The molecule has 0 aliphatic heterocycles. The molecule has 166 valence electrons. The fourth-order valence-corrected chi connectivity index (χ4v) is 2.91. The van der Waals surface area contributed by atoms with Gasteiger partial charge in [0.25, 0.3) is 0 Å². The van der Waals surface area contributed by atoms with Crippen LogP contribution in [0.5, 0.6) is 0 Å². The first kappa shape index (κ1) is 22.7. The Hall–Kier alpha value is -4.00.